The second-order valence-corrected chi connectivity index (χ2v) is 6.61. The summed E-state index contributed by atoms with van der Waals surface area (Å²) in [6.07, 6.45) is 1.54. The van der Waals surface area contributed by atoms with E-state index in [1.807, 2.05) is 0 Å². The molecular weight excluding hydrogens is 380 g/mol. The number of amides is 1. The molecule has 2 aromatic carbocycles. The van der Waals surface area contributed by atoms with Crippen LogP contribution in [0.3, 0.4) is 0 Å². The van der Waals surface area contributed by atoms with Crippen molar-refractivity contribution in [3.05, 3.63) is 77.0 Å². The predicted molar refractivity (Wildman–Crippen MR) is 102 cm³/mol. The van der Waals surface area contributed by atoms with E-state index in [1.54, 1.807) is 30.5 Å². The molecule has 4 N–H and O–H groups in total. The zero-order valence-electron chi connectivity index (χ0n) is 15.2. The van der Waals surface area contributed by atoms with Crippen molar-refractivity contribution in [1.82, 2.24) is 10.3 Å². The topological polar surface area (TPSA) is 97.5 Å². The van der Waals surface area contributed by atoms with Gasteiger partial charge in [-0.3, -0.25) is 4.79 Å². The number of fused-ring (bicyclic) bond motifs is 3. The largest absolute Gasteiger partial charge is 0.487 e. The lowest BCUT2D eigenvalue weighted by atomic mass is 9.95. The Morgan fingerprint density at radius 1 is 1.21 bits per heavy atom. The summed E-state index contributed by atoms with van der Waals surface area (Å²) in [5, 5.41) is 12.0. The number of hydrogen-bond acceptors (Lipinski definition) is 5. The van der Waals surface area contributed by atoms with Crippen molar-refractivity contribution in [2.75, 3.05) is 12.3 Å². The molecule has 1 aromatic heterocycles. The molecule has 1 amide bonds. The van der Waals surface area contributed by atoms with Gasteiger partial charge < -0.3 is 20.9 Å². The SMILES string of the molecule is Nc1cc2c(cn1)OCc1cc(C(=O)NC(CO)c3c(F)cccc3F)ccc1-2. The van der Waals surface area contributed by atoms with Crippen LogP contribution in [0.1, 0.15) is 27.5 Å². The summed E-state index contributed by atoms with van der Waals surface area (Å²) in [6, 6.07) is 8.81. The maximum Gasteiger partial charge on any atom is 0.251 e. The molecule has 0 spiro atoms. The van der Waals surface area contributed by atoms with E-state index in [2.05, 4.69) is 10.3 Å². The molecule has 1 unspecified atom stereocenters. The molecule has 1 atom stereocenters. The Morgan fingerprint density at radius 3 is 2.69 bits per heavy atom. The average molecular weight is 397 g/mol. The fourth-order valence-corrected chi connectivity index (χ4v) is 3.35. The summed E-state index contributed by atoms with van der Waals surface area (Å²) < 4.78 is 33.7. The molecule has 0 saturated heterocycles. The second-order valence-electron chi connectivity index (χ2n) is 6.61. The Balaban J connectivity index is 1.62. The number of benzene rings is 2. The minimum atomic E-state index is -1.22. The number of ether oxygens (including phenoxy) is 1. The molecule has 4 rings (SSSR count). The van der Waals surface area contributed by atoms with Crippen LogP contribution in [0, 0.1) is 11.6 Å². The third-order valence-electron chi connectivity index (χ3n) is 4.77. The van der Waals surface area contributed by atoms with Crippen LogP contribution >= 0.6 is 0 Å². The van der Waals surface area contributed by atoms with Gasteiger partial charge in [0.1, 0.15) is 29.8 Å². The van der Waals surface area contributed by atoms with Gasteiger partial charge in [0.05, 0.1) is 18.8 Å². The van der Waals surface area contributed by atoms with Crippen molar-refractivity contribution >= 4 is 11.7 Å². The molecule has 0 saturated carbocycles. The van der Waals surface area contributed by atoms with Crippen LogP contribution < -0.4 is 15.8 Å². The molecule has 1 aliphatic rings. The molecule has 1 aliphatic heterocycles. The lowest BCUT2D eigenvalue weighted by Crippen LogP contribution is -2.32. The molecule has 0 aliphatic carbocycles. The van der Waals surface area contributed by atoms with E-state index in [1.165, 1.54) is 6.07 Å². The lowest BCUT2D eigenvalue weighted by Gasteiger charge is -2.22. The Labute approximate surface area is 165 Å². The van der Waals surface area contributed by atoms with E-state index >= 15 is 0 Å². The standard InChI is InChI=1S/C21H17F2N3O3/c22-15-2-1-3-16(23)20(15)17(9-27)26-21(28)11-4-5-13-12(6-11)10-29-18-8-25-19(24)7-14(13)18/h1-8,17,27H,9-10H2,(H2,24,25)(H,26,28). The number of nitrogens with two attached hydrogens (primary N) is 1. The Hall–Kier alpha value is -3.52. The van der Waals surface area contributed by atoms with Gasteiger partial charge in [0.2, 0.25) is 0 Å². The summed E-state index contributed by atoms with van der Waals surface area (Å²) in [5.74, 6) is -1.31. The maximum atomic E-state index is 14.0. The van der Waals surface area contributed by atoms with Crippen LogP contribution in [-0.2, 0) is 6.61 Å². The zero-order valence-corrected chi connectivity index (χ0v) is 15.2. The smallest absolute Gasteiger partial charge is 0.251 e. The first kappa shape index (κ1) is 18.8. The van der Waals surface area contributed by atoms with Gasteiger partial charge in [-0.05, 0) is 41.5 Å². The fourth-order valence-electron chi connectivity index (χ4n) is 3.35. The number of pyridine rings is 1. The van der Waals surface area contributed by atoms with Gasteiger partial charge in [0.25, 0.3) is 5.91 Å². The van der Waals surface area contributed by atoms with Gasteiger partial charge in [-0.1, -0.05) is 12.1 Å². The Bertz CT molecular complexity index is 1080. The molecule has 3 aromatic rings. The molecule has 0 fully saturated rings. The van der Waals surface area contributed by atoms with Crippen LogP contribution in [-0.4, -0.2) is 22.6 Å². The summed E-state index contributed by atoms with van der Waals surface area (Å²) in [7, 11) is 0. The molecule has 148 valence electrons. The highest BCUT2D eigenvalue weighted by Crippen LogP contribution is 2.38. The van der Waals surface area contributed by atoms with Crippen LogP contribution in [0.15, 0.2) is 48.7 Å². The number of rotatable bonds is 4. The van der Waals surface area contributed by atoms with Crippen molar-refractivity contribution in [2.24, 2.45) is 0 Å². The highest BCUT2D eigenvalue weighted by molar-refractivity contribution is 5.95. The van der Waals surface area contributed by atoms with Gasteiger partial charge in [0, 0.05) is 16.7 Å². The second kappa shape index (κ2) is 7.48. The number of carbonyl (C=O) groups excluding carboxylic acids is 1. The number of halogens is 2. The molecular formula is C21H17F2N3O3. The minimum absolute atomic E-state index is 0.237. The number of aliphatic hydroxyl groups is 1. The molecule has 0 radical (unpaired) electrons. The van der Waals surface area contributed by atoms with Crippen molar-refractivity contribution < 1.29 is 23.4 Å². The summed E-state index contributed by atoms with van der Waals surface area (Å²) >= 11 is 0. The molecule has 0 bridgehead atoms. The summed E-state index contributed by atoms with van der Waals surface area (Å²) in [5.41, 5.74) is 8.02. The van der Waals surface area contributed by atoms with Crippen LogP contribution in [0.4, 0.5) is 14.6 Å². The number of nitrogen functional groups attached to an aromatic ring is 1. The number of nitrogens with zero attached hydrogens (tertiary/aromatic N) is 1. The maximum absolute atomic E-state index is 14.0. The monoisotopic (exact) mass is 397 g/mol. The van der Waals surface area contributed by atoms with Crippen molar-refractivity contribution in [3.63, 3.8) is 0 Å². The van der Waals surface area contributed by atoms with Crippen LogP contribution in [0.25, 0.3) is 11.1 Å². The quantitative estimate of drug-likeness (QED) is 0.629. The highest BCUT2D eigenvalue weighted by Gasteiger charge is 2.24. The summed E-state index contributed by atoms with van der Waals surface area (Å²) in [4.78, 5) is 16.7. The first-order valence-electron chi connectivity index (χ1n) is 8.85. The third-order valence-corrected chi connectivity index (χ3v) is 4.77. The van der Waals surface area contributed by atoms with Gasteiger partial charge in [0.15, 0.2) is 0 Å². The number of nitrogens with one attached hydrogen (secondary N) is 1. The number of hydrogen-bond donors (Lipinski definition) is 3. The van der Waals surface area contributed by atoms with E-state index in [0.29, 0.717) is 11.6 Å². The fraction of sp³-hybridized carbons (Fsp3) is 0.143. The van der Waals surface area contributed by atoms with Crippen molar-refractivity contribution in [1.29, 1.82) is 0 Å². The number of aromatic nitrogens is 1. The Kier molecular flexibility index (Phi) is 4.85. The van der Waals surface area contributed by atoms with Crippen LogP contribution in [0.2, 0.25) is 0 Å². The molecule has 29 heavy (non-hydrogen) atoms. The zero-order chi connectivity index (χ0) is 20.5. The van der Waals surface area contributed by atoms with Crippen molar-refractivity contribution in [3.8, 4) is 16.9 Å². The van der Waals surface area contributed by atoms with Gasteiger partial charge in [-0.2, -0.15) is 0 Å². The van der Waals surface area contributed by atoms with Gasteiger partial charge in [-0.15, -0.1) is 0 Å². The average Bonchev–Trinajstić information content (AvgIpc) is 2.72. The van der Waals surface area contributed by atoms with Crippen LogP contribution in [0.5, 0.6) is 5.75 Å². The number of aliphatic hydroxyl groups excluding tert-OH is 1. The first-order chi connectivity index (χ1) is 14.0. The normalized spacial score (nSPS) is 13.1. The predicted octanol–water partition coefficient (Wildman–Crippen LogP) is 2.96. The van der Waals surface area contributed by atoms with Gasteiger partial charge >= 0.3 is 0 Å². The van der Waals surface area contributed by atoms with E-state index < -0.39 is 30.2 Å². The lowest BCUT2D eigenvalue weighted by molar-refractivity contribution is 0.0913. The first-order valence-corrected chi connectivity index (χ1v) is 8.85. The molecule has 6 nitrogen and oxygen atoms in total. The highest BCUT2D eigenvalue weighted by atomic mass is 19.1. The number of anilines is 1. The molecule has 2 heterocycles. The van der Waals surface area contributed by atoms with Crippen molar-refractivity contribution in [2.45, 2.75) is 12.6 Å². The van der Waals surface area contributed by atoms with E-state index in [0.717, 1.165) is 28.8 Å². The molecule has 8 heteroatoms. The third kappa shape index (κ3) is 3.50. The van der Waals surface area contributed by atoms with Gasteiger partial charge in [-0.25, -0.2) is 13.8 Å². The van der Waals surface area contributed by atoms with E-state index in [4.69, 9.17) is 10.5 Å². The van der Waals surface area contributed by atoms with E-state index in [9.17, 15) is 18.7 Å². The summed E-state index contributed by atoms with van der Waals surface area (Å²) in [6.45, 7) is -0.419. The number of carbonyl (C=O) groups is 1. The minimum Gasteiger partial charge on any atom is -0.487 e. The Morgan fingerprint density at radius 2 is 1.97 bits per heavy atom. The van der Waals surface area contributed by atoms with E-state index in [-0.39, 0.29) is 17.7 Å².